The Labute approximate surface area is 233 Å². The number of nitrogens with two attached hydrogens (primary N) is 1. The summed E-state index contributed by atoms with van der Waals surface area (Å²) in [4.78, 5) is 42.4. The summed E-state index contributed by atoms with van der Waals surface area (Å²) in [5.41, 5.74) is 1.49. The summed E-state index contributed by atoms with van der Waals surface area (Å²) in [7, 11) is 1.82. The van der Waals surface area contributed by atoms with E-state index in [0.717, 1.165) is 55.5 Å². The molecule has 1 aromatic heterocycles. The standard InChI is InChI=1S/C28H27F3N8O2/c1-37-12-9-21-7-6-19(16-38(21)27(37)41)24-22-15-33-11-13-39(22,32)25(36-24)17-2-4-18(5-3-17)26(40)35-23-14-20(8-10-34-23)28(29,30)31/h2-5,8,10-11,13-15,19,21H,6-7,9,12,16,32H2,1H3/p+1/t19-,21+,39?/m0/s1. The highest BCUT2D eigenvalue weighted by Crippen LogP contribution is 2.39. The summed E-state index contributed by atoms with van der Waals surface area (Å²) in [6.45, 7) is 1.30. The molecule has 2 saturated heterocycles. The number of amidine groups is 1. The van der Waals surface area contributed by atoms with Crippen LogP contribution in [-0.4, -0.2) is 69.5 Å². The summed E-state index contributed by atoms with van der Waals surface area (Å²) in [6.07, 6.45) is 4.17. The predicted molar refractivity (Wildman–Crippen MR) is 145 cm³/mol. The van der Waals surface area contributed by atoms with Gasteiger partial charge in [0.25, 0.3) is 11.7 Å². The van der Waals surface area contributed by atoms with E-state index in [4.69, 9.17) is 10.8 Å². The van der Waals surface area contributed by atoms with Gasteiger partial charge in [-0.1, -0.05) is 0 Å². The highest BCUT2D eigenvalue weighted by atomic mass is 19.4. The molecule has 2 aromatic rings. The Morgan fingerprint density at radius 1 is 1.15 bits per heavy atom. The highest BCUT2D eigenvalue weighted by Gasteiger charge is 2.48. The third-order valence-electron chi connectivity index (χ3n) is 8.02. The lowest BCUT2D eigenvalue weighted by Crippen LogP contribution is -2.56. The van der Waals surface area contributed by atoms with Gasteiger partial charge in [-0.3, -0.25) is 9.79 Å². The number of pyridine rings is 1. The molecule has 13 heteroatoms. The molecule has 4 aliphatic heterocycles. The number of quaternary nitrogens is 1. The van der Waals surface area contributed by atoms with Crippen LogP contribution in [0.5, 0.6) is 0 Å². The van der Waals surface area contributed by atoms with Crippen molar-refractivity contribution in [2.75, 3.05) is 25.5 Å². The lowest BCUT2D eigenvalue weighted by atomic mass is 9.87. The second-order valence-electron chi connectivity index (χ2n) is 10.6. The molecule has 41 heavy (non-hydrogen) atoms. The molecule has 5 heterocycles. The molecule has 6 rings (SSSR count). The van der Waals surface area contributed by atoms with Crippen molar-refractivity contribution in [1.29, 1.82) is 0 Å². The zero-order valence-electron chi connectivity index (χ0n) is 22.2. The van der Waals surface area contributed by atoms with Crippen LogP contribution in [0.2, 0.25) is 0 Å². The van der Waals surface area contributed by atoms with Crippen LogP contribution in [0, 0.1) is 5.92 Å². The van der Waals surface area contributed by atoms with Crippen molar-refractivity contribution in [3.63, 3.8) is 0 Å². The van der Waals surface area contributed by atoms with Crippen molar-refractivity contribution < 1.29 is 27.4 Å². The Morgan fingerprint density at radius 2 is 1.93 bits per heavy atom. The number of nitrogens with zero attached hydrogens (tertiary/aromatic N) is 6. The van der Waals surface area contributed by atoms with Gasteiger partial charge in [0.2, 0.25) is 5.70 Å². The molecule has 4 aliphatic rings. The van der Waals surface area contributed by atoms with E-state index in [2.05, 4.69) is 15.3 Å². The van der Waals surface area contributed by atoms with Crippen molar-refractivity contribution in [2.45, 2.75) is 31.5 Å². The molecule has 3 amide bonds. The number of fused-ring (bicyclic) bond motifs is 2. The second-order valence-corrected chi connectivity index (χ2v) is 10.6. The van der Waals surface area contributed by atoms with Crippen molar-refractivity contribution >= 4 is 29.8 Å². The molecule has 3 atom stereocenters. The van der Waals surface area contributed by atoms with Gasteiger partial charge < -0.3 is 15.1 Å². The SMILES string of the molecule is CN1CC[C@H]2CC[C@H](C3=C4C=NC=C[N+]4(N)C(c4ccc(C(=O)Nc5cc(C(F)(F)F)ccn5)cc4)=N3)CN2C1=O. The van der Waals surface area contributed by atoms with Crippen LogP contribution in [-0.2, 0) is 6.18 Å². The number of piperidine rings is 1. The lowest BCUT2D eigenvalue weighted by molar-refractivity contribution is -0.750. The van der Waals surface area contributed by atoms with E-state index in [1.165, 1.54) is 0 Å². The van der Waals surface area contributed by atoms with Crippen molar-refractivity contribution in [3.8, 4) is 0 Å². The number of urea groups is 1. The van der Waals surface area contributed by atoms with Crippen LogP contribution in [0.15, 0.2) is 76.4 Å². The molecule has 0 radical (unpaired) electrons. The minimum absolute atomic E-state index is 0.0155. The third-order valence-corrected chi connectivity index (χ3v) is 8.02. The van der Waals surface area contributed by atoms with Gasteiger partial charge in [0.15, 0.2) is 0 Å². The molecule has 0 spiro atoms. The van der Waals surface area contributed by atoms with Crippen molar-refractivity contribution in [1.82, 2.24) is 14.8 Å². The molecule has 0 saturated carbocycles. The van der Waals surface area contributed by atoms with E-state index in [0.29, 0.717) is 17.9 Å². The summed E-state index contributed by atoms with van der Waals surface area (Å²) >= 11 is 0. The molecule has 1 unspecified atom stereocenters. The van der Waals surface area contributed by atoms with Crippen LogP contribution in [0.4, 0.5) is 23.8 Å². The molecular weight excluding hydrogens is 537 g/mol. The van der Waals surface area contributed by atoms with Crippen LogP contribution in [0.3, 0.4) is 0 Å². The van der Waals surface area contributed by atoms with E-state index in [1.54, 1.807) is 47.8 Å². The number of anilines is 1. The number of nitrogens with one attached hydrogen (secondary N) is 1. The Balaban J connectivity index is 1.24. The zero-order valence-corrected chi connectivity index (χ0v) is 22.2. The minimum atomic E-state index is -4.55. The number of rotatable bonds is 4. The van der Waals surface area contributed by atoms with Gasteiger partial charge in [-0.05, 0) is 55.7 Å². The number of aliphatic imine (C=N–C) groups is 2. The van der Waals surface area contributed by atoms with E-state index < -0.39 is 17.6 Å². The molecule has 10 nitrogen and oxygen atoms in total. The number of benzene rings is 1. The average molecular weight is 566 g/mol. The maximum atomic E-state index is 13.0. The van der Waals surface area contributed by atoms with Gasteiger partial charge in [0.1, 0.15) is 17.7 Å². The zero-order chi connectivity index (χ0) is 28.9. The van der Waals surface area contributed by atoms with Crippen molar-refractivity contribution in [3.05, 3.63) is 83.1 Å². The van der Waals surface area contributed by atoms with E-state index in [9.17, 15) is 22.8 Å². The number of halogens is 3. The van der Waals surface area contributed by atoms with Gasteiger partial charge in [-0.15, -0.1) is 4.59 Å². The third kappa shape index (κ3) is 4.80. The lowest BCUT2D eigenvalue weighted by Gasteiger charge is -2.45. The molecule has 3 N–H and O–H groups in total. The summed E-state index contributed by atoms with van der Waals surface area (Å²) in [6, 6.07) is 8.37. The number of aromatic nitrogens is 1. The van der Waals surface area contributed by atoms with Crippen molar-refractivity contribution in [2.24, 2.45) is 21.7 Å². The quantitative estimate of drug-likeness (QED) is 0.429. The topological polar surface area (TPSA) is 116 Å². The summed E-state index contributed by atoms with van der Waals surface area (Å²) in [5.74, 6) is 6.58. The Bertz CT molecular complexity index is 1530. The number of amides is 3. The summed E-state index contributed by atoms with van der Waals surface area (Å²) in [5, 5.41) is 2.41. The van der Waals surface area contributed by atoms with Crippen LogP contribution in [0.25, 0.3) is 0 Å². The number of hydrogen-bond donors (Lipinski definition) is 2. The van der Waals surface area contributed by atoms with Gasteiger partial charge in [0.05, 0.1) is 23.5 Å². The van der Waals surface area contributed by atoms with E-state index in [1.807, 2.05) is 11.9 Å². The first kappa shape index (κ1) is 26.8. The van der Waals surface area contributed by atoms with Gasteiger partial charge in [0, 0.05) is 43.9 Å². The second kappa shape index (κ2) is 9.93. The van der Waals surface area contributed by atoms with E-state index in [-0.39, 0.29) is 34.0 Å². The number of carbonyl (C=O) groups is 2. The van der Waals surface area contributed by atoms with Gasteiger partial charge in [-0.2, -0.15) is 24.0 Å². The van der Waals surface area contributed by atoms with Gasteiger partial charge >= 0.3 is 12.2 Å². The largest absolute Gasteiger partial charge is 0.416 e. The first-order chi connectivity index (χ1) is 19.5. The van der Waals surface area contributed by atoms with Gasteiger partial charge in [-0.25, -0.2) is 9.78 Å². The number of carbonyl (C=O) groups excluding carboxylic acids is 2. The Kier molecular flexibility index (Phi) is 6.50. The molecule has 1 aromatic carbocycles. The number of allylic oxidation sites excluding steroid dienone is 1. The maximum absolute atomic E-state index is 13.0. The number of hydrogen-bond acceptors (Lipinski definition) is 6. The first-order valence-corrected chi connectivity index (χ1v) is 13.2. The van der Waals surface area contributed by atoms with Crippen LogP contribution < -0.4 is 11.2 Å². The number of alkyl halides is 3. The maximum Gasteiger partial charge on any atom is 0.416 e. The highest BCUT2D eigenvalue weighted by molar-refractivity contribution is 6.05. The average Bonchev–Trinajstić information content (AvgIpc) is 3.27. The molecule has 0 aliphatic carbocycles. The Morgan fingerprint density at radius 3 is 2.68 bits per heavy atom. The molecular formula is C28H28F3N8O2+. The smallest absolute Gasteiger partial charge is 0.328 e. The Hall–Kier alpha value is -4.36. The minimum Gasteiger partial charge on any atom is -0.328 e. The fraction of sp³-hybridized carbons (Fsp3) is 0.321. The monoisotopic (exact) mass is 565 g/mol. The first-order valence-electron chi connectivity index (χ1n) is 13.2. The normalized spacial score (nSPS) is 25.7. The fourth-order valence-electron chi connectivity index (χ4n) is 5.78. The predicted octanol–water partition coefficient (Wildman–Crippen LogP) is 4.11. The summed E-state index contributed by atoms with van der Waals surface area (Å²) < 4.78 is 38.9. The molecule has 212 valence electrons. The van der Waals surface area contributed by atoms with E-state index >= 15 is 0 Å². The molecule has 2 fully saturated rings. The van der Waals surface area contributed by atoms with Crippen LogP contribution >= 0.6 is 0 Å². The molecule has 0 bridgehead atoms. The van der Waals surface area contributed by atoms with Crippen LogP contribution in [0.1, 0.15) is 40.7 Å². The fourth-order valence-corrected chi connectivity index (χ4v) is 5.78.